The molecule has 7 nitrogen and oxygen atoms in total. The number of aromatic nitrogens is 2. The lowest BCUT2D eigenvalue weighted by molar-refractivity contribution is -0.124. The normalized spacial score (nSPS) is 10.6. The number of rotatable bonds is 7. The third-order valence-corrected chi connectivity index (χ3v) is 4.97. The predicted molar refractivity (Wildman–Crippen MR) is 103 cm³/mol. The van der Waals surface area contributed by atoms with E-state index in [4.69, 9.17) is 4.52 Å². The first-order chi connectivity index (χ1) is 13.0. The summed E-state index contributed by atoms with van der Waals surface area (Å²) in [6.07, 6.45) is 0.492. The number of hydrogen-bond donors (Lipinski definition) is 2. The second-order valence-electron chi connectivity index (χ2n) is 6.06. The van der Waals surface area contributed by atoms with Gasteiger partial charge in [0.15, 0.2) is 0 Å². The van der Waals surface area contributed by atoms with Crippen LogP contribution >= 0.6 is 11.3 Å². The van der Waals surface area contributed by atoms with Crippen LogP contribution in [-0.2, 0) is 16.0 Å². The number of nitrogens with one attached hydrogen (secondary N) is 2. The highest BCUT2D eigenvalue weighted by Crippen LogP contribution is 2.21. The van der Waals surface area contributed by atoms with E-state index in [9.17, 15) is 9.59 Å². The minimum atomic E-state index is -0.269. The van der Waals surface area contributed by atoms with Gasteiger partial charge in [-0.25, -0.2) is 0 Å². The minimum absolute atomic E-state index is 0.0868. The van der Waals surface area contributed by atoms with Gasteiger partial charge in [0.05, 0.1) is 11.4 Å². The van der Waals surface area contributed by atoms with Gasteiger partial charge in [0.1, 0.15) is 0 Å². The standard InChI is InChI=1S/C19H20N4O3S/c1-12-5-3-6-14(13(12)2)21-17(25)11-20-16(24)8-9-18-22-19(23-26-18)15-7-4-10-27-15/h3-7,10H,8-9,11H2,1-2H3,(H,20,24)(H,21,25). The van der Waals surface area contributed by atoms with E-state index < -0.39 is 0 Å². The molecule has 3 aromatic rings. The maximum atomic E-state index is 12.0. The maximum absolute atomic E-state index is 12.0. The van der Waals surface area contributed by atoms with Gasteiger partial charge in [-0.05, 0) is 42.5 Å². The van der Waals surface area contributed by atoms with Gasteiger partial charge in [-0.1, -0.05) is 23.4 Å². The summed E-state index contributed by atoms with van der Waals surface area (Å²) in [5.41, 5.74) is 2.86. The molecule has 0 fully saturated rings. The highest BCUT2D eigenvalue weighted by atomic mass is 32.1. The van der Waals surface area contributed by atoms with E-state index >= 15 is 0 Å². The third kappa shape index (κ3) is 5.01. The average Bonchev–Trinajstić information content (AvgIpc) is 3.33. The molecule has 0 spiro atoms. The van der Waals surface area contributed by atoms with Crippen molar-refractivity contribution in [2.45, 2.75) is 26.7 Å². The number of carbonyl (C=O) groups is 2. The van der Waals surface area contributed by atoms with Gasteiger partial charge in [-0.3, -0.25) is 9.59 Å². The molecule has 2 N–H and O–H groups in total. The minimum Gasteiger partial charge on any atom is -0.347 e. The molecule has 8 heteroatoms. The van der Waals surface area contributed by atoms with Crippen LogP contribution in [-0.4, -0.2) is 28.5 Å². The summed E-state index contributed by atoms with van der Waals surface area (Å²) in [6.45, 7) is 3.84. The molecule has 0 aliphatic carbocycles. The Labute approximate surface area is 160 Å². The molecule has 27 heavy (non-hydrogen) atoms. The highest BCUT2D eigenvalue weighted by Gasteiger charge is 2.12. The zero-order chi connectivity index (χ0) is 19.2. The Morgan fingerprint density at radius 3 is 2.78 bits per heavy atom. The van der Waals surface area contributed by atoms with Crippen molar-refractivity contribution >= 4 is 28.8 Å². The molecule has 0 saturated heterocycles. The number of benzene rings is 1. The monoisotopic (exact) mass is 384 g/mol. The van der Waals surface area contributed by atoms with Crippen LogP contribution in [0.1, 0.15) is 23.4 Å². The van der Waals surface area contributed by atoms with Gasteiger partial charge < -0.3 is 15.2 Å². The lowest BCUT2D eigenvalue weighted by Gasteiger charge is -2.10. The highest BCUT2D eigenvalue weighted by molar-refractivity contribution is 7.13. The lowest BCUT2D eigenvalue weighted by Crippen LogP contribution is -2.33. The van der Waals surface area contributed by atoms with Crippen LogP contribution in [0.3, 0.4) is 0 Å². The molecule has 1 aromatic carbocycles. The summed E-state index contributed by atoms with van der Waals surface area (Å²) in [7, 11) is 0. The SMILES string of the molecule is Cc1cccc(NC(=O)CNC(=O)CCc2nc(-c3cccs3)no2)c1C. The number of aryl methyl sites for hydroxylation is 2. The van der Waals surface area contributed by atoms with Crippen molar-refractivity contribution in [3.05, 3.63) is 52.7 Å². The van der Waals surface area contributed by atoms with Gasteiger partial charge in [0.2, 0.25) is 23.5 Å². The first-order valence-electron chi connectivity index (χ1n) is 8.52. The Morgan fingerprint density at radius 2 is 2.00 bits per heavy atom. The predicted octanol–water partition coefficient (Wildman–Crippen LogP) is 3.10. The lowest BCUT2D eigenvalue weighted by atomic mass is 10.1. The van der Waals surface area contributed by atoms with Crippen molar-refractivity contribution in [3.8, 4) is 10.7 Å². The zero-order valence-corrected chi connectivity index (χ0v) is 15.9. The molecule has 2 amide bonds. The largest absolute Gasteiger partial charge is 0.347 e. The van der Waals surface area contributed by atoms with Crippen LogP contribution in [0.4, 0.5) is 5.69 Å². The van der Waals surface area contributed by atoms with Gasteiger partial charge >= 0.3 is 0 Å². The van der Waals surface area contributed by atoms with Gasteiger partial charge in [-0.2, -0.15) is 4.98 Å². The molecule has 0 aliphatic rings. The summed E-state index contributed by atoms with van der Waals surface area (Å²) in [5.74, 6) is 0.401. The smallest absolute Gasteiger partial charge is 0.243 e. The van der Waals surface area contributed by atoms with Crippen molar-refractivity contribution in [3.63, 3.8) is 0 Å². The van der Waals surface area contributed by atoms with Gasteiger partial charge in [0, 0.05) is 18.5 Å². The van der Waals surface area contributed by atoms with Crippen LogP contribution in [0.2, 0.25) is 0 Å². The summed E-state index contributed by atoms with van der Waals surface area (Å²) >= 11 is 1.52. The molecule has 2 aromatic heterocycles. The Kier molecular flexibility index (Phi) is 5.97. The molecule has 0 saturated carbocycles. The van der Waals surface area contributed by atoms with E-state index in [-0.39, 0.29) is 24.8 Å². The van der Waals surface area contributed by atoms with Crippen molar-refractivity contribution in [2.75, 3.05) is 11.9 Å². The fourth-order valence-electron chi connectivity index (χ4n) is 2.43. The van der Waals surface area contributed by atoms with Crippen LogP contribution < -0.4 is 10.6 Å². The van der Waals surface area contributed by atoms with Crippen molar-refractivity contribution in [2.24, 2.45) is 0 Å². The molecule has 0 atom stereocenters. The molecule has 3 rings (SSSR count). The molecule has 2 heterocycles. The van der Waals surface area contributed by atoms with E-state index in [1.54, 1.807) is 0 Å². The molecule has 140 valence electrons. The molecular weight excluding hydrogens is 364 g/mol. The van der Waals surface area contributed by atoms with Crippen molar-refractivity contribution in [1.29, 1.82) is 0 Å². The number of amides is 2. The van der Waals surface area contributed by atoms with Crippen LogP contribution in [0.5, 0.6) is 0 Å². The summed E-state index contributed by atoms with van der Waals surface area (Å²) in [5, 5.41) is 11.2. The fourth-order valence-corrected chi connectivity index (χ4v) is 3.08. The molecule has 0 bridgehead atoms. The Hall–Kier alpha value is -3.00. The number of hydrogen-bond acceptors (Lipinski definition) is 6. The molecule has 0 unspecified atom stereocenters. The zero-order valence-electron chi connectivity index (χ0n) is 15.1. The Balaban J connectivity index is 1.43. The topological polar surface area (TPSA) is 97.1 Å². The van der Waals surface area contributed by atoms with Gasteiger partial charge in [0.25, 0.3) is 0 Å². The molecular formula is C19H20N4O3S. The van der Waals surface area contributed by atoms with Crippen LogP contribution in [0.15, 0.2) is 40.2 Å². The first kappa shape index (κ1) is 18.8. The number of anilines is 1. The maximum Gasteiger partial charge on any atom is 0.243 e. The Morgan fingerprint density at radius 1 is 1.15 bits per heavy atom. The third-order valence-electron chi connectivity index (χ3n) is 4.10. The van der Waals surface area contributed by atoms with Crippen LogP contribution in [0, 0.1) is 13.8 Å². The van der Waals surface area contributed by atoms with E-state index in [0.717, 1.165) is 21.7 Å². The quantitative estimate of drug-likeness (QED) is 0.652. The summed E-state index contributed by atoms with van der Waals surface area (Å²) in [4.78, 5) is 29.2. The van der Waals surface area contributed by atoms with E-state index in [2.05, 4.69) is 20.8 Å². The van der Waals surface area contributed by atoms with E-state index in [1.165, 1.54) is 11.3 Å². The number of nitrogens with zero attached hydrogens (tertiary/aromatic N) is 2. The number of thiophene rings is 1. The van der Waals surface area contributed by atoms with Gasteiger partial charge in [-0.15, -0.1) is 11.3 Å². The fraction of sp³-hybridized carbons (Fsp3) is 0.263. The molecule has 0 radical (unpaired) electrons. The van der Waals surface area contributed by atoms with E-state index in [1.807, 2.05) is 49.6 Å². The van der Waals surface area contributed by atoms with Crippen LogP contribution in [0.25, 0.3) is 10.7 Å². The first-order valence-corrected chi connectivity index (χ1v) is 9.40. The second kappa shape index (κ2) is 8.59. The Bertz CT molecular complexity index is 934. The second-order valence-corrected chi connectivity index (χ2v) is 7.01. The molecule has 0 aliphatic heterocycles. The average molecular weight is 384 g/mol. The van der Waals surface area contributed by atoms with Crippen molar-refractivity contribution in [1.82, 2.24) is 15.5 Å². The van der Waals surface area contributed by atoms with E-state index in [0.29, 0.717) is 18.1 Å². The summed E-state index contributed by atoms with van der Waals surface area (Å²) in [6, 6.07) is 9.51. The summed E-state index contributed by atoms with van der Waals surface area (Å²) < 4.78 is 5.15. The number of carbonyl (C=O) groups excluding carboxylic acids is 2. The van der Waals surface area contributed by atoms with Crippen molar-refractivity contribution < 1.29 is 14.1 Å².